The van der Waals surface area contributed by atoms with Crippen molar-refractivity contribution in [3.05, 3.63) is 140 Å². The maximum Gasteiger partial charge on any atom is 0.261 e. The number of aromatic nitrogens is 6. The number of rotatable bonds is 3. The van der Waals surface area contributed by atoms with E-state index in [-0.39, 0.29) is 18.5 Å². The fourth-order valence-corrected chi connectivity index (χ4v) is 6.27. The number of benzene rings is 2. The van der Waals surface area contributed by atoms with Crippen molar-refractivity contribution in [3.8, 4) is 11.8 Å². The lowest BCUT2D eigenvalue weighted by Crippen LogP contribution is -2.21. The van der Waals surface area contributed by atoms with Gasteiger partial charge < -0.3 is 0 Å². The summed E-state index contributed by atoms with van der Waals surface area (Å²) in [4.78, 5) is 43.0. The molecular formula is C39H38N6O2. The lowest BCUT2D eigenvalue weighted by molar-refractivity contribution is 0.558. The van der Waals surface area contributed by atoms with Crippen molar-refractivity contribution in [3.63, 3.8) is 0 Å². The number of pyridine rings is 2. The van der Waals surface area contributed by atoms with E-state index in [0.717, 1.165) is 83.8 Å². The van der Waals surface area contributed by atoms with Crippen molar-refractivity contribution in [2.24, 2.45) is 11.8 Å². The highest BCUT2D eigenvalue weighted by atomic mass is 16.1. The summed E-state index contributed by atoms with van der Waals surface area (Å²) in [5.41, 5.74) is 5.56. The van der Waals surface area contributed by atoms with Crippen molar-refractivity contribution >= 4 is 21.8 Å². The molecule has 0 spiro atoms. The zero-order valence-electron chi connectivity index (χ0n) is 26.0. The Balaban J connectivity index is 0.000000161. The van der Waals surface area contributed by atoms with Crippen LogP contribution in [0.25, 0.3) is 21.8 Å². The lowest BCUT2D eigenvalue weighted by Gasteiger charge is -2.07. The Morgan fingerprint density at radius 2 is 1.32 bits per heavy atom. The summed E-state index contributed by atoms with van der Waals surface area (Å²) in [5, 5.41) is 1.38. The molecule has 8 heteroatoms. The molecule has 0 amide bonds. The van der Waals surface area contributed by atoms with Crippen LogP contribution < -0.4 is 11.1 Å². The average Bonchev–Trinajstić information content (AvgIpc) is 3.65. The number of hydrogen-bond donors (Lipinski definition) is 0. The highest BCUT2D eigenvalue weighted by Crippen LogP contribution is 2.21. The van der Waals surface area contributed by atoms with Gasteiger partial charge in [-0.2, -0.15) is 0 Å². The van der Waals surface area contributed by atoms with E-state index in [2.05, 4.69) is 46.7 Å². The third kappa shape index (κ3) is 6.75. The van der Waals surface area contributed by atoms with Crippen LogP contribution >= 0.6 is 0 Å². The number of aryl methyl sites for hydroxylation is 2. The molecule has 0 saturated heterocycles. The summed E-state index contributed by atoms with van der Waals surface area (Å²) in [6.45, 7) is 5.86. The average molecular weight is 623 g/mol. The standard InChI is InChI=1S/C19H19N3O.C19H15N3O.CH4/c2*1-13-10-18-21-17-11-14(5-7-15-4-2-3-9-20-15)6-8-16(17)19(23)22(18)12-13;/h2-4,6,8-9,11,13H,5,7,10,12H2,1H3;2-4,6,8-9,11,13H,10,12H2,1H3;1H4. The molecule has 2 aromatic carbocycles. The molecule has 0 fully saturated rings. The highest BCUT2D eigenvalue weighted by Gasteiger charge is 2.22. The second kappa shape index (κ2) is 13.5. The summed E-state index contributed by atoms with van der Waals surface area (Å²) >= 11 is 0. The Morgan fingerprint density at radius 1 is 0.702 bits per heavy atom. The van der Waals surface area contributed by atoms with Crippen LogP contribution in [0.2, 0.25) is 0 Å². The van der Waals surface area contributed by atoms with E-state index >= 15 is 0 Å². The Bertz CT molecular complexity index is 2250. The van der Waals surface area contributed by atoms with Crippen LogP contribution in [0, 0.1) is 23.7 Å². The topological polar surface area (TPSA) is 95.6 Å². The molecule has 6 heterocycles. The van der Waals surface area contributed by atoms with Crippen LogP contribution in [0.4, 0.5) is 0 Å². The van der Waals surface area contributed by atoms with E-state index in [1.165, 1.54) is 5.56 Å². The monoisotopic (exact) mass is 622 g/mol. The third-order valence-electron chi connectivity index (χ3n) is 8.58. The number of fused-ring (bicyclic) bond motifs is 4. The van der Waals surface area contributed by atoms with E-state index in [1.807, 2.05) is 77.5 Å². The van der Waals surface area contributed by atoms with Gasteiger partial charge in [0.15, 0.2) is 0 Å². The molecular weight excluding hydrogens is 584 g/mol. The van der Waals surface area contributed by atoms with Crippen LogP contribution in [-0.4, -0.2) is 29.1 Å². The molecule has 0 aliphatic carbocycles. The second-order valence-electron chi connectivity index (χ2n) is 12.4. The molecule has 8 rings (SSSR count). The maximum atomic E-state index is 12.6. The minimum atomic E-state index is 0. The van der Waals surface area contributed by atoms with E-state index < -0.39 is 0 Å². The van der Waals surface area contributed by atoms with Gasteiger partial charge >= 0.3 is 0 Å². The van der Waals surface area contributed by atoms with E-state index in [0.29, 0.717) is 17.2 Å². The number of hydrogen-bond acceptors (Lipinski definition) is 6. The first kappa shape index (κ1) is 31.6. The predicted molar refractivity (Wildman–Crippen MR) is 186 cm³/mol. The molecule has 8 nitrogen and oxygen atoms in total. The first-order valence-electron chi connectivity index (χ1n) is 15.8. The van der Waals surface area contributed by atoms with Gasteiger partial charge in [-0.1, -0.05) is 45.4 Å². The molecule has 2 aliphatic rings. The van der Waals surface area contributed by atoms with E-state index in [4.69, 9.17) is 4.98 Å². The third-order valence-corrected chi connectivity index (χ3v) is 8.58. The molecule has 2 unspecified atom stereocenters. The van der Waals surface area contributed by atoms with Crippen molar-refractivity contribution in [2.75, 3.05) is 0 Å². The minimum absolute atomic E-state index is 0. The van der Waals surface area contributed by atoms with Crippen molar-refractivity contribution in [2.45, 2.75) is 60.0 Å². The zero-order valence-corrected chi connectivity index (χ0v) is 26.0. The van der Waals surface area contributed by atoms with Gasteiger partial charge in [0.2, 0.25) is 0 Å². The van der Waals surface area contributed by atoms with Gasteiger partial charge in [0.1, 0.15) is 17.3 Å². The van der Waals surface area contributed by atoms with Crippen LogP contribution in [0.5, 0.6) is 0 Å². The van der Waals surface area contributed by atoms with Gasteiger partial charge in [-0.15, -0.1) is 0 Å². The van der Waals surface area contributed by atoms with Crippen molar-refractivity contribution in [1.82, 2.24) is 29.1 Å². The molecule has 0 radical (unpaired) electrons. The second-order valence-corrected chi connectivity index (χ2v) is 12.4. The molecule has 2 atom stereocenters. The predicted octanol–water partition coefficient (Wildman–Crippen LogP) is 5.79. The maximum absolute atomic E-state index is 12.6. The smallest absolute Gasteiger partial charge is 0.261 e. The molecule has 0 N–H and O–H groups in total. The summed E-state index contributed by atoms with van der Waals surface area (Å²) in [6.07, 6.45) is 7.09. The van der Waals surface area contributed by atoms with Gasteiger partial charge in [0.05, 0.1) is 21.8 Å². The normalized spacial score (nSPS) is 16.0. The zero-order chi connectivity index (χ0) is 31.6. The molecule has 0 bridgehead atoms. The van der Waals surface area contributed by atoms with Gasteiger partial charge in [-0.05, 0) is 90.8 Å². The largest absolute Gasteiger partial charge is 0.296 e. The Kier molecular flexibility index (Phi) is 9.08. The fraction of sp³-hybridized carbons (Fsp3) is 0.282. The van der Waals surface area contributed by atoms with E-state index in [9.17, 15) is 9.59 Å². The molecule has 6 aromatic rings. The van der Waals surface area contributed by atoms with Crippen LogP contribution in [0.1, 0.15) is 55.4 Å². The Morgan fingerprint density at radius 3 is 1.94 bits per heavy atom. The SMILES string of the molecule is C.CC1Cc2nc3cc(C#Cc4ccccn4)ccc3c(=O)n2C1.CC1Cc2nc3cc(CCc4ccccn4)ccc3c(=O)n2C1. The summed E-state index contributed by atoms with van der Waals surface area (Å²) in [6, 6.07) is 23.2. The first-order valence-corrected chi connectivity index (χ1v) is 15.8. The molecule has 236 valence electrons. The van der Waals surface area contributed by atoms with Crippen LogP contribution in [0.3, 0.4) is 0 Å². The Hall–Kier alpha value is -5.42. The minimum Gasteiger partial charge on any atom is -0.296 e. The number of nitrogens with zero attached hydrogens (tertiary/aromatic N) is 6. The van der Waals surface area contributed by atoms with Crippen LogP contribution in [0.15, 0.2) is 94.8 Å². The van der Waals surface area contributed by atoms with Gasteiger partial charge in [-0.3, -0.25) is 23.7 Å². The van der Waals surface area contributed by atoms with Gasteiger partial charge in [0, 0.05) is 49.6 Å². The quantitative estimate of drug-likeness (QED) is 0.232. The molecule has 0 saturated carbocycles. The fourth-order valence-electron chi connectivity index (χ4n) is 6.27. The van der Waals surface area contributed by atoms with Gasteiger partial charge in [-0.25, -0.2) is 15.0 Å². The van der Waals surface area contributed by atoms with Crippen molar-refractivity contribution in [1.29, 1.82) is 0 Å². The summed E-state index contributed by atoms with van der Waals surface area (Å²) in [5.74, 6) is 8.89. The molecule has 4 aromatic heterocycles. The first-order chi connectivity index (χ1) is 22.4. The summed E-state index contributed by atoms with van der Waals surface area (Å²) in [7, 11) is 0. The Labute approximate surface area is 274 Å². The lowest BCUT2D eigenvalue weighted by atomic mass is 10.1. The summed E-state index contributed by atoms with van der Waals surface area (Å²) < 4.78 is 3.63. The van der Waals surface area contributed by atoms with E-state index in [1.54, 1.807) is 10.8 Å². The molecule has 47 heavy (non-hydrogen) atoms. The highest BCUT2D eigenvalue weighted by molar-refractivity contribution is 5.80. The van der Waals surface area contributed by atoms with Gasteiger partial charge in [0.25, 0.3) is 11.1 Å². The van der Waals surface area contributed by atoms with Crippen LogP contribution in [-0.2, 0) is 38.8 Å². The van der Waals surface area contributed by atoms with Crippen molar-refractivity contribution < 1.29 is 0 Å². The molecule has 2 aliphatic heterocycles.